The largest absolute Gasteiger partial charge is 0.460 e. The quantitative estimate of drug-likeness (QED) is 0.0529. The molecule has 316 valence electrons. The molecule has 1 saturated carbocycles. The number of methoxy groups -OCH3 is 2. The molecule has 1 aromatic heterocycles. The summed E-state index contributed by atoms with van der Waals surface area (Å²) in [6, 6.07) is 0. The van der Waals surface area contributed by atoms with Crippen LogP contribution in [0.1, 0.15) is 101 Å². The monoisotopic (exact) mass is 799 g/mol. The molecule has 0 bridgehead atoms. The maximum absolute atomic E-state index is 14.0. The zero-order valence-electron chi connectivity index (χ0n) is 34.3. The van der Waals surface area contributed by atoms with Gasteiger partial charge in [0.05, 0.1) is 90.5 Å². The SMILES string of the molecule is COCCOCCOCCOCCC1(CCOCCOCCOCCOC)CN(CCCCCC(=O)OC(C)(C)C)C(=O)c2cnc(SC3CCCC3)nc21. The number of carbonyl (C=O) groups is 2. The zero-order chi connectivity index (χ0) is 39.6. The number of unbranched alkanes of at least 4 members (excludes halogenated alkanes) is 2. The van der Waals surface area contributed by atoms with Gasteiger partial charge in [-0.2, -0.15) is 0 Å². The molecule has 15 heteroatoms. The van der Waals surface area contributed by atoms with Crippen LogP contribution in [0.25, 0.3) is 0 Å². The van der Waals surface area contributed by atoms with Gasteiger partial charge in [0, 0.05) is 63.8 Å². The molecule has 1 aliphatic heterocycles. The Labute approximate surface area is 333 Å². The van der Waals surface area contributed by atoms with E-state index in [9.17, 15) is 9.59 Å². The molecule has 0 spiro atoms. The lowest BCUT2D eigenvalue weighted by Gasteiger charge is -2.43. The number of hydrogen-bond acceptors (Lipinski definition) is 14. The van der Waals surface area contributed by atoms with Crippen LogP contribution in [0.5, 0.6) is 0 Å². The molecule has 0 radical (unpaired) electrons. The number of esters is 1. The van der Waals surface area contributed by atoms with Crippen LogP contribution in [0, 0.1) is 0 Å². The van der Waals surface area contributed by atoms with Crippen molar-refractivity contribution in [1.82, 2.24) is 14.9 Å². The van der Waals surface area contributed by atoms with Crippen molar-refractivity contribution in [2.75, 3.05) is 120 Å². The van der Waals surface area contributed by atoms with Crippen molar-refractivity contribution in [2.45, 2.75) is 106 Å². The molecule has 2 aliphatic rings. The Bertz CT molecular complexity index is 1170. The van der Waals surface area contributed by atoms with Gasteiger partial charge in [-0.25, -0.2) is 9.97 Å². The molecule has 1 aromatic rings. The number of nitrogens with zero attached hydrogens (tertiary/aromatic N) is 3. The van der Waals surface area contributed by atoms with E-state index in [0.29, 0.717) is 142 Å². The van der Waals surface area contributed by atoms with Gasteiger partial charge >= 0.3 is 5.97 Å². The lowest BCUT2D eigenvalue weighted by atomic mass is 9.73. The van der Waals surface area contributed by atoms with Crippen LogP contribution in [-0.2, 0) is 52.8 Å². The Morgan fingerprint density at radius 2 is 1.27 bits per heavy atom. The Hall–Kier alpha value is -1.95. The molecule has 2 heterocycles. The van der Waals surface area contributed by atoms with E-state index in [1.165, 1.54) is 12.8 Å². The number of rotatable bonds is 32. The van der Waals surface area contributed by atoms with Gasteiger partial charge in [-0.15, -0.1) is 0 Å². The second-order valence-electron chi connectivity index (χ2n) is 15.0. The smallest absolute Gasteiger partial charge is 0.306 e. The predicted octanol–water partition coefficient (Wildman–Crippen LogP) is 5.28. The van der Waals surface area contributed by atoms with E-state index < -0.39 is 11.0 Å². The van der Waals surface area contributed by atoms with Gasteiger partial charge in [-0.1, -0.05) is 31.0 Å². The van der Waals surface area contributed by atoms with Crippen LogP contribution >= 0.6 is 11.8 Å². The van der Waals surface area contributed by atoms with Gasteiger partial charge in [0.15, 0.2) is 5.16 Å². The van der Waals surface area contributed by atoms with Crippen molar-refractivity contribution in [1.29, 1.82) is 0 Å². The van der Waals surface area contributed by atoms with Gasteiger partial charge in [0.25, 0.3) is 5.91 Å². The third-order valence-corrected chi connectivity index (χ3v) is 10.6. The third kappa shape index (κ3) is 19.4. The first-order valence-electron chi connectivity index (χ1n) is 20.2. The highest BCUT2D eigenvalue weighted by Gasteiger charge is 2.44. The number of amides is 1. The van der Waals surface area contributed by atoms with Gasteiger partial charge in [0.2, 0.25) is 0 Å². The summed E-state index contributed by atoms with van der Waals surface area (Å²) in [6.45, 7) is 13.6. The molecule has 0 atom stereocenters. The fraction of sp³-hybridized carbons (Fsp3) is 0.850. The summed E-state index contributed by atoms with van der Waals surface area (Å²) in [5.74, 6) is -0.251. The summed E-state index contributed by atoms with van der Waals surface area (Å²) >= 11 is 1.73. The van der Waals surface area contributed by atoms with Crippen LogP contribution in [0.2, 0.25) is 0 Å². The first-order chi connectivity index (χ1) is 26.7. The second-order valence-corrected chi connectivity index (χ2v) is 16.3. The summed E-state index contributed by atoms with van der Waals surface area (Å²) in [4.78, 5) is 38.1. The number of hydrogen-bond donors (Lipinski definition) is 0. The van der Waals surface area contributed by atoms with Gasteiger partial charge in [-0.05, 0) is 59.3 Å². The normalized spacial score (nSPS) is 15.9. The maximum Gasteiger partial charge on any atom is 0.306 e. The number of fused-ring (bicyclic) bond motifs is 1. The lowest BCUT2D eigenvalue weighted by Crippen LogP contribution is -2.51. The van der Waals surface area contributed by atoms with Crippen LogP contribution < -0.4 is 0 Å². The van der Waals surface area contributed by atoms with Crippen molar-refractivity contribution >= 4 is 23.6 Å². The molecular formula is C40H69N3O11S. The summed E-state index contributed by atoms with van der Waals surface area (Å²) in [5.41, 5.74) is 0.316. The summed E-state index contributed by atoms with van der Waals surface area (Å²) in [7, 11) is 3.29. The van der Waals surface area contributed by atoms with Crippen molar-refractivity contribution < 1.29 is 52.2 Å². The van der Waals surface area contributed by atoms with Gasteiger partial charge in [-0.3, -0.25) is 9.59 Å². The molecule has 1 amide bonds. The zero-order valence-corrected chi connectivity index (χ0v) is 35.1. The molecule has 0 unspecified atom stereocenters. The molecule has 0 N–H and O–H groups in total. The molecular weight excluding hydrogens is 731 g/mol. The first kappa shape index (κ1) is 47.4. The average Bonchev–Trinajstić information content (AvgIpc) is 3.67. The van der Waals surface area contributed by atoms with E-state index in [-0.39, 0.29) is 11.9 Å². The van der Waals surface area contributed by atoms with E-state index in [2.05, 4.69) is 0 Å². The van der Waals surface area contributed by atoms with E-state index in [1.807, 2.05) is 25.7 Å². The highest BCUT2D eigenvalue weighted by molar-refractivity contribution is 7.99. The average molecular weight is 800 g/mol. The molecule has 1 fully saturated rings. The van der Waals surface area contributed by atoms with Crippen LogP contribution in [0.3, 0.4) is 0 Å². The number of thioether (sulfide) groups is 1. The van der Waals surface area contributed by atoms with Crippen LogP contribution in [0.15, 0.2) is 11.4 Å². The Kier molecular flexibility index (Phi) is 23.8. The Morgan fingerprint density at radius 1 is 0.764 bits per heavy atom. The summed E-state index contributed by atoms with van der Waals surface area (Å²) in [6.07, 6.45) is 10.4. The Morgan fingerprint density at radius 3 is 1.78 bits per heavy atom. The highest BCUT2D eigenvalue weighted by atomic mass is 32.2. The Balaban J connectivity index is 1.68. The van der Waals surface area contributed by atoms with E-state index in [0.717, 1.165) is 36.5 Å². The maximum atomic E-state index is 14.0. The third-order valence-electron chi connectivity index (χ3n) is 9.38. The summed E-state index contributed by atoms with van der Waals surface area (Å²) in [5, 5.41) is 1.22. The topological polar surface area (TPSA) is 146 Å². The standard InChI is InChI=1S/C40H69N3O11S/c1-39(2,3)54-35(44)13-7-6-10-16-43-32-40(14-17-48-23-25-52-29-27-50-21-19-46-4,15-18-49-24-26-53-30-28-51-22-20-47-5)36-34(37(43)45)31-41-38(42-36)55-33-11-8-9-12-33/h31,33H,6-30,32H2,1-5H3. The highest BCUT2D eigenvalue weighted by Crippen LogP contribution is 2.40. The number of carbonyl (C=O) groups excluding carboxylic acids is 2. The minimum atomic E-state index is -0.514. The lowest BCUT2D eigenvalue weighted by molar-refractivity contribution is -0.154. The van der Waals surface area contributed by atoms with Gasteiger partial charge < -0.3 is 47.5 Å². The molecule has 1 aliphatic carbocycles. The van der Waals surface area contributed by atoms with E-state index in [1.54, 1.807) is 32.2 Å². The predicted molar refractivity (Wildman–Crippen MR) is 210 cm³/mol. The summed E-state index contributed by atoms with van der Waals surface area (Å²) < 4.78 is 50.1. The minimum absolute atomic E-state index is 0.0562. The van der Waals surface area contributed by atoms with E-state index in [4.69, 9.17) is 52.6 Å². The number of aromatic nitrogens is 2. The van der Waals surface area contributed by atoms with Crippen molar-refractivity contribution in [3.63, 3.8) is 0 Å². The van der Waals surface area contributed by atoms with E-state index >= 15 is 0 Å². The second kappa shape index (κ2) is 27.6. The van der Waals surface area contributed by atoms with Crippen LogP contribution in [0.4, 0.5) is 0 Å². The van der Waals surface area contributed by atoms with Crippen molar-refractivity contribution in [3.8, 4) is 0 Å². The molecule has 55 heavy (non-hydrogen) atoms. The van der Waals surface area contributed by atoms with Crippen LogP contribution in [-0.4, -0.2) is 157 Å². The van der Waals surface area contributed by atoms with Crippen molar-refractivity contribution in [2.24, 2.45) is 0 Å². The number of ether oxygens (including phenoxy) is 9. The first-order valence-corrected chi connectivity index (χ1v) is 21.0. The fourth-order valence-corrected chi connectivity index (χ4v) is 7.69. The molecule has 0 aromatic carbocycles. The molecule has 3 rings (SSSR count). The fourth-order valence-electron chi connectivity index (χ4n) is 6.57. The van der Waals surface area contributed by atoms with Crippen molar-refractivity contribution in [3.05, 3.63) is 17.5 Å². The minimum Gasteiger partial charge on any atom is -0.460 e. The molecule has 0 saturated heterocycles. The molecule has 14 nitrogen and oxygen atoms in total. The van der Waals surface area contributed by atoms with Gasteiger partial charge in [0.1, 0.15) is 5.60 Å².